The predicted molar refractivity (Wildman–Crippen MR) is 125 cm³/mol. The van der Waals surface area contributed by atoms with Crippen molar-refractivity contribution >= 4 is 40.1 Å². The van der Waals surface area contributed by atoms with Crippen molar-refractivity contribution in [1.29, 1.82) is 0 Å². The van der Waals surface area contributed by atoms with Crippen molar-refractivity contribution in [2.45, 2.75) is 78.1 Å². The van der Waals surface area contributed by atoms with E-state index in [2.05, 4.69) is 6.92 Å². The number of benzene rings is 1. The fourth-order valence-electron chi connectivity index (χ4n) is 2.91. The van der Waals surface area contributed by atoms with E-state index in [0.717, 1.165) is 12.2 Å². The fraction of sp³-hybridized carbons (Fsp3) is 0.609. The van der Waals surface area contributed by atoms with Gasteiger partial charge < -0.3 is 9.84 Å². The minimum Gasteiger partial charge on any atom is -0.478 e. The summed E-state index contributed by atoms with van der Waals surface area (Å²) in [5, 5.41) is 9.17. The maximum atomic E-state index is 12.3. The van der Waals surface area contributed by atoms with E-state index in [1.807, 2.05) is 0 Å². The van der Waals surface area contributed by atoms with Gasteiger partial charge in [0.05, 0.1) is 10.1 Å². The highest BCUT2D eigenvalue weighted by Crippen LogP contribution is 2.22. The summed E-state index contributed by atoms with van der Waals surface area (Å²) < 4.78 is 5.87. The first-order valence-corrected chi connectivity index (χ1v) is 12.1. The molecule has 1 aromatic rings. The van der Waals surface area contributed by atoms with Crippen LogP contribution in [0.5, 0.6) is 5.75 Å². The Morgan fingerprint density at radius 3 is 2.14 bits per heavy atom. The van der Waals surface area contributed by atoms with E-state index in [9.17, 15) is 14.7 Å². The minimum atomic E-state index is -1.13. The molecule has 0 saturated carbocycles. The maximum absolute atomic E-state index is 12.3. The molecule has 0 aliphatic heterocycles. The molecule has 0 heterocycles. The van der Waals surface area contributed by atoms with Crippen molar-refractivity contribution in [3.8, 4) is 5.75 Å². The van der Waals surface area contributed by atoms with E-state index in [0.29, 0.717) is 4.20 Å². The van der Waals surface area contributed by atoms with E-state index < -0.39 is 17.9 Å². The minimum absolute atomic E-state index is 0.0306. The number of ether oxygens (including phenoxy) is 1. The zero-order valence-electron chi connectivity index (χ0n) is 17.7. The van der Waals surface area contributed by atoms with Gasteiger partial charge in [-0.25, -0.2) is 4.79 Å². The molecule has 162 valence electrons. The molecule has 1 atom stereocenters. The molecular weight excluding hydrogens is 404 g/mol. The van der Waals surface area contributed by atoms with Crippen molar-refractivity contribution in [1.82, 2.24) is 0 Å². The Hall–Kier alpha value is -1.40. The average molecular weight is 439 g/mol. The summed E-state index contributed by atoms with van der Waals surface area (Å²) in [4.78, 5) is 23.5. The summed E-state index contributed by atoms with van der Waals surface area (Å²) in [7, 11) is 0. The van der Waals surface area contributed by atoms with Crippen molar-refractivity contribution < 1.29 is 19.4 Å². The highest BCUT2D eigenvalue weighted by atomic mass is 32.2. The number of unbranched alkanes of at least 4 members (excludes halogenated alkanes) is 9. The van der Waals surface area contributed by atoms with E-state index in [4.69, 9.17) is 17.0 Å². The van der Waals surface area contributed by atoms with Crippen LogP contribution >= 0.6 is 24.0 Å². The molecule has 6 heteroatoms. The first kappa shape index (κ1) is 25.6. The lowest BCUT2D eigenvalue weighted by Gasteiger charge is -2.13. The highest BCUT2D eigenvalue weighted by molar-refractivity contribution is 8.23. The van der Waals surface area contributed by atoms with Crippen LogP contribution in [0.2, 0.25) is 0 Å². The number of esters is 1. The Balaban J connectivity index is 2.20. The molecule has 1 unspecified atom stereocenters. The second-order valence-corrected chi connectivity index (χ2v) is 9.13. The number of carboxylic acid groups (broad SMARTS) is 1. The number of rotatable bonds is 15. The van der Waals surface area contributed by atoms with Gasteiger partial charge in [-0.2, -0.15) is 0 Å². The lowest BCUT2D eigenvalue weighted by molar-refractivity contribution is -0.136. The molecule has 0 aliphatic rings. The highest BCUT2D eigenvalue weighted by Gasteiger charge is 2.22. The average Bonchev–Trinajstić information content (AvgIpc) is 2.71. The smallest absolute Gasteiger partial charge is 0.339 e. The summed E-state index contributed by atoms with van der Waals surface area (Å²) in [6.45, 7) is 3.95. The van der Waals surface area contributed by atoms with Gasteiger partial charge in [-0.15, -0.1) is 11.8 Å². The number of thiocarbonyl (C=S) groups is 1. The van der Waals surface area contributed by atoms with E-state index in [1.165, 1.54) is 81.7 Å². The van der Waals surface area contributed by atoms with E-state index >= 15 is 0 Å². The molecular formula is C23H34O4S2. The van der Waals surface area contributed by atoms with Crippen molar-refractivity contribution in [3.05, 3.63) is 29.8 Å². The molecule has 0 fully saturated rings. The van der Waals surface area contributed by atoms with Crippen LogP contribution in [-0.4, -0.2) is 27.0 Å². The number of aromatic carboxylic acids is 1. The molecule has 0 aromatic heterocycles. The number of carbonyl (C=O) groups excluding carboxylic acids is 1. The lowest BCUT2D eigenvalue weighted by atomic mass is 10.1. The number of hydrogen-bond donors (Lipinski definition) is 1. The third kappa shape index (κ3) is 10.8. The third-order valence-electron chi connectivity index (χ3n) is 4.78. The zero-order valence-corrected chi connectivity index (χ0v) is 19.3. The Bertz CT molecular complexity index is 646. The molecule has 4 nitrogen and oxygen atoms in total. The van der Waals surface area contributed by atoms with Crippen LogP contribution in [-0.2, 0) is 4.79 Å². The van der Waals surface area contributed by atoms with Gasteiger partial charge in [0.2, 0.25) is 0 Å². The molecule has 0 aliphatic carbocycles. The second-order valence-electron chi connectivity index (χ2n) is 7.29. The van der Waals surface area contributed by atoms with Crippen LogP contribution in [0.4, 0.5) is 0 Å². The van der Waals surface area contributed by atoms with Gasteiger partial charge in [-0.05, 0) is 31.2 Å². The third-order valence-corrected chi connectivity index (χ3v) is 6.62. The van der Waals surface area contributed by atoms with Gasteiger partial charge in [-0.3, -0.25) is 4.79 Å². The second kappa shape index (κ2) is 15.4. The molecule has 0 radical (unpaired) electrons. The zero-order chi connectivity index (χ0) is 21.5. The van der Waals surface area contributed by atoms with Crippen LogP contribution in [0.25, 0.3) is 0 Å². The van der Waals surface area contributed by atoms with Crippen LogP contribution < -0.4 is 4.74 Å². The number of para-hydroxylation sites is 1. The predicted octanol–water partition coefficient (Wildman–Crippen LogP) is 6.91. The largest absolute Gasteiger partial charge is 0.478 e. The first-order valence-electron chi connectivity index (χ1n) is 10.7. The van der Waals surface area contributed by atoms with Gasteiger partial charge in [0.15, 0.2) is 0 Å². The van der Waals surface area contributed by atoms with Crippen LogP contribution in [0.3, 0.4) is 0 Å². The van der Waals surface area contributed by atoms with Gasteiger partial charge in [-0.1, -0.05) is 89.1 Å². The molecule has 1 N–H and O–H groups in total. The van der Waals surface area contributed by atoms with Gasteiger partial charge in [0.1, 0.15) is 11.3 Å². The number of hydrogen-bond acceptors (Lipinski definition) is 5. The van der Waals surface area contributed by atoms with Crippen molar-refractivity contribution in [2.24, 2.45) is 5.92 Å². The Labute approximate surface area is 184 Å². The van der Waals surface area contributed by atoms with Crippen LogP contribution in [0.15, 0.2) is 24.3 Å². The summed E-state index contributed by atoms with van der Waals surface area (Å²) in [6, 6.07) is 6.12. The molecule has 29 heavy (non-hydrogen) atoms. The number of carbonyl (C=O) groups is 2. The maximum Gasteiger partial charge on any atom is 0.339 e. The molecule has 0 amide bonds. The molecule has 0 bridgehead atoms. The van der Waals surface area contributed by atoms with Gasteiger partial charge >= 0.3 is 11.9 Å². The lowest BCUT2D eigenvalue weighted by Crippen LogP contribution is -2.23. The first-order chi connectivity index (χ1) is 14.0. The Kier molecular flexibility index (Phi) is 13.7. The van der Waals surface area contributed by atoms with E-state index in [1.54, 1.807) is 19.1 Å². The summed E-state index contributed by atoms with van der Waals surface area (Å²) >= 11 is 6.90. The van der Waals surface area contributed by atoms with Crippen LogP contribution in [0.1, 0.15) is 88.4 Å². The Morgan fingerprint density at radius 1 is 1.00 bits per heavy atom. The normalized spacial score (nSPS) is 11.8. The SMILES string of the molecule is CCCCCCCCCCCCSC(=S)C(C)C(=O)Oc1ccccc1C(=O)O. The van der Waals surface area contributed by atoms with Crippen LogP contribution in [0, 0.1) is 5.92 Å². The van der Waals surface area contributed by atoms with E-state index in [-0.39, 0.29) is 11.3 Å². The molecule has 1 rings (SSSR count). The number of thioether (sulfide) groups is 1. The van der Waals surface area contributed by atoms with Crippen molar-refractivity contribution in [3.63, 3.8) is 0 Å². The molecule has 0 saturated heterocycles. The summed E-state index contributed by atoms with van der Waals surface area (Å²) in [6.07, 6.45) is 12.9. The monoisotopic (exact) mass is 438 g/mol. The fourth-order valence-corrected chi connectivity index (χ4v) is 4.15. The van der Waals surface area contributed by atoms with Gasteiger partial charge in [0.25, 0.3) is 0 Å². The molecule has 1 aromatic carbocycles. The topological polar surface area (TPSA) is 63.6 Å². The Morgan fingerprint density at radius 2 is 1.55 bits per heavy atom. The van der Waals surface area contributed by atoms with Gasteiger partial charge in [0, 0.05) is 0 Å². The summed E-state index contributed by atoms with van der Waals surface area (Å²) in [5.41, 5.74) is -0.0306. The quantitative estimate of drug-likeness (QED) is 0.139. The van der Waals surface area contributed by atoms with Crippen molar-refractivity contribution in [2.75, 3.05) is 5.75 Å². The standard InChI is InChI=1S/C23H34O4S2/c1-3-4-5-6-7-8-9-10-11-14-17-29-23(28)18(2)22(26)27-20-16-13-12-15-19(20)21(24)25/h12-13,15-16,18H,3-11,14,17H2,1-2H3,(H,24,25). The molecule has 0 spiro atoms. The summed E-state index contributed by atoms with van der Waals surface area (Å²) in [5.74, 6) is -1.24. The number of carboxylic acids is 1.